The van der Waals surface area contributed by atoms with E-state index >= 15 is 0 Å². The molecule has 26 heavy (non-hydrogen) atoms. The third-order valence-corrected chi connectivity index (χ3v) is 4.57. The molecule has 0 bridgehead atoms. The highest BCUT2D eigenvalue weighted by Gasteiger charge is 2.41. The van der Waals surface area contributed by atoms with E-state index in [2.05, 4.69) is 6.07 Å². The minimum Gasteiger partial charge on any atom is -0.477 e. The van der Waals surface area contributed by atoms with E-state index < -0.39 is 17.5 Å². The predicted molar refractivity (Wildman–Crippen MR) is 93.2 cm³/mol. The van der Waals surface area contributed by atoms with Gasteiger partial charge in [-0.05, 0) is 42.7 Å². The van der Waals surface area contributed by atoms with E-state index in [1.807, 2.05) is 26.1 Å². The average Bonchev–Trinajstić information content (AvgIpc) is 2.92. The number of hydrogen-bond acceptors (Lipinski definition) is 2. The quantitative estimate of drug-likeness (QED) is 0.757. The lowest BCUT2D eigenvalue weighted by atomic mass is 10.0. The molecule has 0 saturated carbocycles. The number of nitriles is 1. The molecule has 1 heterocycles. The van der Waals surface area contributed by atoms with Crippen LogP contribution < -0.4 is 0 Å². The largest absolute Gasteiger partial charge is 0.477 e. The van der Waals surface area contributed by atoms with Gasteiger partial charge in [0.1, 0.15) is 0 Å². The van der Waals surface area contributed by atoms with Crippen LogP contribution in [0.5, 0.6) is 0 Å². The maximum Gasteiger partial charge on any atom is 0.379 e. The van der Waals surface area contributed by atoms with Crippen LogP contribution in [0.4, 0.5) is 8.78 Å². The Kier molecular flexibility index (Phi) is 4.25. The van der Waals surface area contributed by atoms with Crippen LogP contribution in [0.3, 0.4) is 0 Å². The molecule has 0 amide bonds. The van der Waals surface area contributed by atoms with Crippen molar-refractivity contribution in [2.75, 3.05) is 0 Å². The van der Waals surface area contributed by atoms with Crippen molar-refractivity contribution in [3.05, 3.63) is 70.4 Å². The Morgan fingerprint density at radius 3 is 2.62 bits per heavy atom. The minimum atomic E-state index is -3.96. The van der Waals surface area contributed by atoms with Gasteiger partial charge in [-0.15, -0.1) is 0 Å². The lowest BCUT2D eigenvalue weighted by Gasteiger charge is -2.14. The third kappa shape index (κ3) is 2.82. The fraction of sp³-hybridized carbons (Fsp3) is 0.200. The Morgan fingerprint density at radius 2 is 1.96 bits per heavy atom. The molecule has 0 aliphatic carbocycles. The van der Waals surface area contributed by atoms with Crippen LogP contribution in [0.1, 0.15) is 27.8 Å². The number of fused-ring (bicyclic) bond motifs is 1. The van der Waals surface area contributed by atoms with Gasteiger partial charge in [-0.1, -0.05) is 24.3 Å². The molecule has 0 fully saturated rings. The van der Waals surface area contributed by atoms with Crippen molar-refractivity contribution >= 4 is 16.9 Å². The maximum absolute atomic E-state index is 13.9. The standard InChI is InChI=1S/C20H16F2N2O2/c1-12-4-3-5-14(9-23)17(12)11-24-10-13(2)16-7-6-15(8-18(16)24)20(21,22)19(25)26/h3-8,10H,11H2,1-2H3,(H,25,26). The highest BCUT2D eigenvalue weighted by atomic mass is 19.3. The van der Waals surface area contributed by atoms with E-state index in [4.69, 9.17) is 5.11 Å². The van der Waals surface area contributed by atoms with Crippen molar-refractivity contribution in [2.24, 2.45) is 0 Å². The first-order valence-corrected chi connectivity index (χ1v) is 7.95. The Bertz CT molecular complexity index is 1060. The van der Waals surface area contributed by atoms with Crippen LogP contribution in [-0.4, -0.2) is 15.6 Å². The summed E-state index contributed by atoms with van der Waals surface area (Å²) in [4.78, 5) is 10.9. The monoisotopic (exact) mass is 354 g/mol. The fourth-order valence-corrected chi connectivity index (χ4v) is 3.11. The van der Waals surface area contributed by atoms with E-state index in [1.165, 1.54) is 12.1 Å². The summed E-state index contributed by atoms with van der Waals surface area (Å²) in [6.07, 6.45) is 1.82. The molecule has 0 aliphatic rings. The highest BCUT2D eigenvalue weighted by molar-refractivity contribution is 5.86. The summed E-state index contributed by atoms with van der Waals surface area (Å²) in [7, 11) is 0. The van der Waals surface area contributed by atoms with Gasteiger partial charge in [0.15, 0.2) is 0 Å². The number of aliphatic carboxylic acids is 1. The molecular formula is C20H16F2N2O2. The van der Waals surface area contributed by atoms with Gasteiger partial charge in [0.2, 0.25) is 0 Å². The van der Waals surface area contributed by atoms with Gasteiger partial charge in [0.05, 0.1) is 11.6 Å². The molecule has 0 radical (unpaired) electrons. The summed E-state index contributed by atoms with van der Waals surface area (Å²) in [5.74, 6) is -6.14. The Balaban J connectivity index is 2.16. The van der Waals surface area contributed by atoms with E-state index in [0.29, 0.717) is 17.6 Å². The molecule has 0 spiro atoms. The summed E-state index contributed by atoms with van der Waals surface area (Å²) >= 11 is 0. The number of rotatable bonds is 4. The molecule has 0 saturated heterocycles. The number of hydrogen-bond donors (Lipinski definition) is 1. The number of aromatic nitrogens is 1. The van der Waals surface area contributed by atoms with Gasteiger partial charge in [-0.25, -0.2) is 4.79 Å². The number of benzene rings is 2. The molecule has 6 heteroatoms. The van der Waals surface area contributed by atoms with Gasteiger partial charge in [0, 0.05) is 29.2 Å². The van der Waals surface area contributed by atoms with Crippen LogP contribution in [-0.2, 0) is 17.3 Å². The van der Waals surface area contributed by atoms with Crippen LogP contribution in [0.25, 0.3) is 10.9 Å². The van der Waals surface area contributed by atoms with Gasteiger partial charge >= 0.3 is 11.9 Å². The van der Waals surface area contributed by atoms with Crippen molar-refractivity contribution in [1.82, 2.24) is 4.57 Å². The Labute approximate surface area is 148 Å². The molecule has 132 valence electrons. The smallest absolute Gasteiger partial charge is 0.379 e. The number of carboxylic acid groups (broad SMARTS) is 1. The second kappa shape index (κ2) is 6.26. The van der Waals surface area contributed by atoms with Crippen LogP contribution in [0, 0.1) is 25.2 Å². The van der Waals surface area contributed by atoms with E-state index in [-0.39, 0.29) is 0 Å². The molecule has 0 unspecified atom stereocenters. The van der Waals surface area contributed by atoms with E-state index in [1.54, 1.807) is 16.7 Å². The Morgan fingerprint density at radius 1 is 1.23 bits per heavy atom. The number of carboxylic acids is 1. The van der Waals surface area contributed by atoms with Gasteiger partial charge < -0.3 is 9.67 Å². The molecule has 1 N–H and O–H groups in total. The second-order valence-corrected chi connectivity index (χ2v) is 6.26. The lowest BCUT2D eigenvalue weighted by Crippen LogP contribution is -2.25. The lowest BCUT2D eigenvalue weighted by molar-refractivity contribution is -0.166. The summed E-state index contributed by atoms with van der Waals surface area (Å²) < 4.78 is 29.6. The zero-order valence-electron chi connectivity index (χ0n) is 14.3. The number of carbonyl (C=O) groups is 1. The molecular weight excluding hydrogens is 338 g/mol. The fourth-order valence-electron chi connectivity index (χ4n) is 3.11. The maximum atomic E-state index is 13.9. The Hall–Kier alpha value is -3.20. The molecule has 3 rings (SSSR count). The zero-order valence-corrected chi connectivity index (χ0v) is 14.3. The van der Waals surface area contributed by atoms with Gasteiger partial charge in [0.25, 0.3) is 0 Å². The second-order valence-electron chi connectivity index (χ2n) is 6.26. The van der Waals surface area contributed by atoms with E-state index in [9.17, 15) is 18.8 Å². The first-order valence-electron chi connectivity index (χ1n) is 7.95. The van der Waals surface area contributed by atoms with Crippen molar-refractivity contribution in [3.8, 4) is 6.07 Å². The molecule has 2 aromatic carbocycles. The predicted octanol–water partition coefficient (Wildman–Crippen LogP) is 4.35. The third-order valence-electron chi connectivity index (χ3n) is 4.57. The summed E-state index contributed by atoms with van der Waals surface area (Å²) in [5, 5.41) is 18.9. The van der Waals surface area contributed by atoms with Crippen molar-refractivity contribution in [3.63, 3.8) is 0 Å². The summed E-state index contributed by atoms with van der Waals surface area (Å²) in [6.45, 7) is 4.08. The van der Waals surface area contributed by atoms with Crippen molar-refractivity contribution < 1.29 is 18.7 Å². The molecule has 0 atom stereocenters. The summed E-state index contributed by atoms with van der Waals surface area (Å²) in [6, 6.07) is 11.4. The zero-order chi connectivity index (χ0) is 19.1. The first-order chi connectivity index (χ1) is 12.3. The minimum absolute atomic E-state index is 0.335. The van der Waals surface area contributed by atoms with Crippen molar-refractivity contribution in [2.45, 2.75) is 26.3 Å². The van der Waals surface area contributed by atoms with Crippen LogP contribution >= 0.6 is 0 Å². The van der Waals surface area contributed by atoms with Gasteiger partial charge in [-0.3, -0.25) is 0 Å². The first kappa shape index (κ1) is 17.6. The molecule has 3 aromatic rings. The number of alkyl halides is 2. The van der Waals surface area contributed by atoms with Crippen molar-refractivity contribution in [1.29, 1.82) is 5.26 Å². The number of halogens is 2. The highest BCUT2D eigenvalue weighted by Crippen LogP contribution is 2.32. The van der Waals surface area contributed by atoms with Gasteiger partial charge in [-0.2, -0.15) is 14.0 Å². The topological polar surface area (TPSA) is 66.0 Å². The van der Waals surface area contributed by atoms with Crippen LogP contribution in [0.15, 0.2) is 42.6 Å². The number of aryl methyl sites for hydroxylation is 2. The summed E-state index contributed by atoms with van der Waals surface area (Å²) in [5.41, 5.74) is 3.09. The molecule has 0 aliphatic heterocycles. The normalized spacial score (nSPS) is 11.5. The molecule has 4 nitrogen and oxygen atoms in total. The van der Waals surface area contributed by atoms with Crippen LogP contribution in [0.2, 0.25) is 0 Å². The number of nitrogens with zero attached hydrogens (tertiary/aromatic N) is 2. The average molecular weight is 354 g/mol. The SMILES string of the molecule is Cc1cccc(C#N)c1Cn1cc(C)c2ccc(C(F)(F)C(=O)O)cc21. The molecule has 1 aromatic heterocycles. The van der Waals surface area contributed by atoms with E-state index in [0.717, 1.165) is 28.1 Å².